The van der Waals surface area contributed by atoms with Crippen LogP contribution >= 0.6 is 12.6 Å². The van der Waals surface area contributed by atoms with Gasteiger partial charge in [-0.25, -0.2) is 0 Å². The van der Waals surface area contributed by atoms with E-state index in [9.17, 15) is 0 Å². The Morgan fingerprint density at radius 1 is 0.682 bits per heavy atom. The molecule has 0 bridgehead atoms. The lowest BCUT2D eigenvalue weighted by atomic mass is 10.3. The maximum Gasteiger partial charge on any atom is 0.514 e. The van der Waals surface area contributed by atoms with Crippen molar-refractivity contribution >= 4 is 21.4 Å². The summed E-state index contributed by atoms with van der Waals surface area (Å²) in [7, 11) is -2.66. The fraction of sp³-hybridized carbons (Fsp3) is 1.00. The third kappa shape index (κ3) is 10.3. The van der Waals surface area contributed by atoms with Gasteiger partial charge in [0, 0.05) is 19.8 Å². The zero-order valence-corrected chi connectivity index (χ0v) is 17.1. The zero-order valence-electron chi connectivity index (χ0n) is 15.2. The van der Waals surface area contributed by atoms with Crippen LogP contribution in [0.25, 0.3) is 0 Å². The third-order valence-electron chi connectivity index (χ3n) is 3.67. The molecule has 0 saturated heterocycles. The molecule has 0 aliphatic heterocycles. The van der Waals surface area contributed by atoms with Gasteiger partial charge in [0.2, 0.25) is 0 Å². The van der Waals surface area contributed by atoms with Crippen molar-refractivity contribution in [3.63, 3.8) is 0 Å². The predicted octanol–water partition coefficient (Wildman–Crippen LogP) is 5.40. The Balaban J connectivity index is 4.48. The van der Waals surface area contributed by atoms with E-state index >= 15 is 0 Å². The van der Waals surface area contributed by atoms with Gasteiger partial charge in [-0.2, -0.15) is 12.6 Å². The Labute approximate surface area is 145 Å². The Morgan fingerprint density at radius 3 is 1.23 bits per heavy atom. The van der Waals surface area contributed by atoms with Gasteiger partial charge in [0.15, 0.2) is 0 Å². The molecule has 0 radical (unpaired) electrons. The molecule has 0 aromatic heterocycles. The molecule has 0 saturated carbocycles. The van der Waals surface area contributed by atoms with Crippen molar-refractivity contribution in [3.8, 4) is 0 Å². The molecule has 22 heavy (non-hydrogen) atoms. The monoisotopic (exact) mass is 350 g/mol. The molecule has 1 unspecified atom stereocenters. The van der Waals surface area contributed by atoms with Gasteiger partial charge in [-0.05, 0) is 26.2 Å². The number of rotatable bonds is 16. The first-order chi connectivity index (χ1) is 10.6. The largest absolute Gasteiger partial charge is 0.514 e. The predicted molar refractivity (Wildman–Crippen MR) is 101 cm³/mol. The lowest BCUT2D eigenvalue weighted by Gasteiger charge is -2.32. The Hall–Kier alpha value is 0.447. The molecule has 0 aliphatic rings. The summed E-state index contributed by atoms with van der Waals surface area (Å²) in [5.74, 6) is 0. The summed E-state index contributed by atoms with van der Waals surface area (Å²) in [5.41, 5.74) is 0. The summed E-state index contributed by atoms with van der Waals surface area (Å²) < 4.78 is 18.5. The van der Waals surface area contributed by atoms with Crippen LogP contribution in [0.5, 0.6) is 0 Å². The minimum atomic E-state index is -2.66. The van der Waals surface area contributed by atoms with Crippen molar-refractivity contribution in [3.05, 3.63) is 0 Å². The van der Waals surface area contributed by atoms with Gasteiger partial charge in [-0.3, -0.25) is 0 Å². The van der Waals surface area contributed by atoms with Crippen molar-refractivity contribution in [2.75, 3.05) is 19.8 Å². The van der Waals surface area contributed by atoms with Crippen LogP contribution in [-0.2, 0) is 13.3 Å². The second-order valence-electron chi connectivity index (χ2n) is 5.95. The van der Waals surface area contributed by atoms with E-state index in [1.165, 1.54) is 38.5 Å². The molecule has 0 amide bonds. The standard InChI is InChI=1S/C17H38O3SSi/c1-5-8-11-14-18-22(17(4)21,19-15-12-9-6-2)20-16-13-10-7-3/h17,21H,5-16H2,1-4H3. The minimum absolute atomic E-state index is 0.0254. The molecule has 0 rings (SSSR count). The smallest absolute Gasteiger partial charge is 0.373 e. The number of unbranched alkanes of at least 4 members (excludes halogenated alkanes) is 6. The van der Waals surface area contributed by atoms with E-state index in [-0.39, 0.29) is 4.87 Å². The average molecular weight is 351 g/mol. The first-order valence-electron chi connectivity index (χ1n) is 9.22. The second kappa shape index (κ2) is 15.0. The summed E-state index contributed by atoms with van der Waals surface area (Å²) in [4.78, 5) is 0.0254. The van der Waals surface area contributed by atoms with Crippen molar-refractivity contribution in [1.29, 1.82) is 0 Å². The van der Waals surface area contributed by atoms with E-state index in [2.05, 4.69) is 40.3 Å². The second-order valence-corrected chi connectivity index (χ2v) is 10.1. The Kier molecular flexibility index (Phi) is 15.3. The van der Waals surface area contributed by atoms with Gasteiger partial charge >= 0.3 is 8.80 Å². The van der Waals surface area contributed by atoms with E-state index in [0.717, 1.165) is 39.1 Å². The third-order valence-corrected chi connectivity index (χ3v) is 7.46. The summed E-state index contributed by atoms with van der Waals surface area (Å²) in [6, 6.07) is 0. The van der Waals surface area contributed by atoms with Crippen LogP contribution in [0.15, 0.2) is 0 Å². The molecule has 0 aromatic carbocycles. The summed E-state index contributed by atoms with van der Waals surface area (Å²) in [6.07, 6.45) is 10.4. The first-order valence-corrected chi connectivity index (χ1v) is 11.5. The quantitative estimate of drug-likeness (QED) is 0.229. The molecule has 0 spiro atoms. The van der Waals surface area contributed by atoms with Crippen molar-refractivity contribution in [1.82, 2.24) is 0 Å². The SMILES string of the molecule is CCCCCO[Si](OCCCCC)(OCCCCC)C(C)S. The molecule has 5 heteroatoms. The Bertz CT molecular complexity index is 209. The van der Waals surface area contributed by atoms with Crippen LogP contribution in [0.2, 0.25) is 0 Å². The van der Waals surface area contributed by atoms with E-state index in [4.69, 9.17) is 13.3 Å². The van der Waals surface area contributed by atoms with Crippen LogP contribution in [-0.4, -0.2) is 33.5 Å². The fourth-order valence-electron chi connectivity index (χ4n) is 2.19. The van der Waals surface area contributed by atoms with Crippen LogP contribution in [0.3, 0.4) is 0 Å². The number of hydrogen-bond donors (Lipinski definition) is 1. The molecule has 0 aliphatic carbocycles. The van der Waals surface area contributed by atoms with Gasteiger partial charge in [-0.1, -0.05) is 59.3 Å². The highest BCUT2D eigenvalue weighted by atomic mass is 32.1. The molecule has 0 aromatic rings. The summed E-state index contributed by atoms with van der Waals surface area (Å²) in [6.45, 7) is 10.8. The van der Waals surface area contributed by atoms with Gasteiger partial charge in [0.1, 0.15) is 0 Å². The van der Waals surface area contributed by atoms with Crippen LogP contribution < -0.4 is 0 Å². The lowest BCUT2D eigenvalue weighted by molar-refractivity contribution is 0.0550. The molecule has 3 nitrogen and oxygen atoms in total. The molecule has 0 N–H and O–H groups in total. The average Bonchev–Trinajstić information content (AvgIpc) is 2.51. The lowest BCUT2D eigenvalue weighted by Crippen LogP contribution is -2.54. The normalized spacial score (nSPS) is 13.5. The highest BCUT2D eigenvalue weighted by Crippen LogP contribution is 2.21. The van der Waals surface area contributed by atoms with Gasteiger partial charge in [0.25, 0.3) is 0 Å². The minimum Gasteiger partial charge on any atom is -0.373 e. The van der Waals surface area contributed by atoms with E-state index in [1.54, 1.807) is 0 Å². The molecular weight excluding hydrogens is 312 g/mol. The van der Waals surface area contributed by atoms with Crippen LogP contribution in [0, 0.1) is 0 Å². The molecule has 1 atom stereocenters. The fourth-order valence-corrected chi connectivity index (χ4v) is 5.12. The van der Waals surface area contributed by atoms with Crippen molar-refractivity contribution in [2.24, 2.45) is 0 Å². The first kappa shape index (κ1) is 22.4. The van der Waals surface area contributed by atoms with Gasteiger partial charge in [-0.15, -0.1) is 0 Å². The zero-order chi connectivity index (χ0) is 16.7. The van der Waals surface area contributed by atoms with E-state index in [0.29, 0.717) is 0 Å². The highest BCUT2D eigenvalue weighted by molar-refractivity contribution is 7.82. The van der Waals surface area contributed by atoms with Crippen molar-refractivity contribution < 1.29 is 13.3 Å². The molecule has 0 fully saturated rings. The van der Waals surface area contributed by atoms with E-state index in [1.807, 2.05) is 0 Å². The maximum absolute atomic E-state index is 6.17. The van der Waals surface area contributed by atoms with Crippen LogP contribution in [0.1, 0.15) is 85.5 Å². The topological polar surface area (TPSA) is 27.7 Å². The highest BCUT2D eigenvalue weighted by Gasteiger charge is 2.45. The number of hydrogen-bond acceptors (Lipinski definition) is 4. The molecule has 134 valence electrons. The summed E-state index contributed by atoms with van der Waals surface area (Å²) >= 11 is 4.64. The Morgan fingerprint density at radius 2 is 1.00 bits per heavy atom. The van der Waals surface area contributed by atoms with Crippen LogP contribution in [0.4, 0.5) is 0 Å². The van der Waals surface area contributed by atoms with Gasteiger partial charge in [0.05, 0.1) is 4.87 Å². The number of thiol groups is 1. The summed E-state index contributed by atoms with van der Waals surface area (Å²) in [5, 5.41) is 0. The van der Waals surface area contributed by atoms with Gasteiger partial charge < -0.3 is 13.3 Å². The molecular formula is C17H38O3SSi. The van der Waals surface area contributed by atoms with Crippen molar-refractivity contribution in [2.45, 2.75) is 90.4 Å². The molecule has 0 heterocycles. The maximum atomic E-state index is 6.17. The van der Waals surface area contributed by atoms with E-state index < -0.39 is 8.80 Å².